The smallest absolute Gasteiger partial charge is 0.219 e. The molecular formula is C8H3Cl4F3O4S2. The van der Waals surface area contributed by atoms with Crippen LogP contribution in [0, 0.1) is 0 Å². The molecule has 0 bridgehead atoms. The topological polar surface area (TPSA) is 68.3 Å². The number of alkyl halides is 5. The predicted molar refractivity (Wildman–Crippen MR) is 73.1 cm³/mol. The minimum atomic E-state index is -6.44. The molecule has 0 atom stereocenters. The van der Waals surface area contributed by atoms with E-state index in [1.54, 1.807) is 0 Å². The summed E-state index contributed by atoms with van der Waals surface area (Å²) in [7, 11) is -11.8. The molecule has 0 spiro atoms. The lowest BCUT2D eigenvalue weighted by atomic mass is 10.4. The standard InChI is InChI=1S/C8H3Cl4F3O4S2/c9-5-2-1-4(3-6(5)10)20(16,17)7(11,12)21(18,19)8(13,14)15/h1-3H. The summed E-state index contributed by atoms with van der Waals surface area (Å²) >= 11 is 21.1. The molecule has 0 aliphatic heterocycles. The van der Waals surface area contributed by atoms with Crippen molar-refractivity contribution in [3.8, 4) is 0 Å². The lowest BCUT2D eigenvalue weighted by molar-refractivity contribution is -0.0436. The van der Waals surface area contributed by atoms with E-state index in [-0.39, 0.29) is 10.0 Å². The zero-order chi connectivity index (χ0) is 16.9. The monoisotopic (exact) mass is 424 g/mol. The summed E-state index contributed by atoms with van der Waals surface area (Å²) in [6.45, 7) is 0. The highest BCUT2D eigenvalue weighted by atomic mass is 35.5. The molecule has 0 aliphatic rings. The molecule has 120 valence electrons. The molecule has 0 aliphatic carbocycles. The summed E-state index contributed by atoms with van der Waals surface area (Å²) in [6, 6.07) is 2.28. The van der Waals surface area contributed by atoms with Crippen molar-refractivity contribution < 1.29 is 30.0 Å². The molecule has 0 fully saturated rings. The number of benzene rings is 1. The first kappa shape index (κ1) is 19.1. The Morgan fingerprint density at radius 2 is 1.38 bits per heavy atom. The number of halogens is 7. The van der Waals surface area contributed by atoms with Gasteiger partial charge in [-0.25, -0.2) is 16.8 Å². The van der Waals surface area contributed by atoms with E-state index in [4.69, 9.17) is 46.4 Å². The van der Waals surface area contributed by atoms with Crippen molar-refractivity contribution in [2.45, 2.75) is 13.4 Å². The Morgan fingerprint density at radius 3 is 1.76 bits per heavy atom. The quantitative estimate of drug-likeness (QED) is 0.691. The van der Waals surface area contributed by atoms with Gasteiger partial charge in [-0.2, -0.15) is 13.2 Å². The first-order valence-corrected chi connectivity index (χ1v) is 9.02. The first-order chi connectivity index (χ1) is 9.16. The van der Waals surface area contributed by atoms with E-state index in [1.165, 1.54) is 0 Å². The molecule has 0 heterocycles. The summed E-state index contributed by atoms with van der Waals surface area (Å²) in [5.41, 5.74) is -5.97. The van der Waals surface area contributed by atoms with E-state index >= 15 is 0 Å². The van der Waals surface area contributed by atoms with Gasteiger partial charge in [0.1, 0.15) is 0 Å². The molecular weight excluding hydrogens is 423 g/mol. The Hall–Kier alpha value is 0.0700. The van der Waals surface area contributed by atoms with Crippen LogP contribution in [0.5, 0.6) is 0 Å². The van der Waals surface area contributed by atoms with Gasteiger partial charge in [-0.05, 0) is 18.2 Å². The Morgan fingerprint density at radius 1 is 0.905 bits per heavy atom. The van der Waals surface area contributed by atoms with Crippen molar-refractivity contribution in [2.24, 2.45) is 0 Å². The van der Waals surface area contributed by atoms with Crippen molar-refractivity contribution in [2.75, 3.05) is 0 Å². The van der Waals surface area contributed by atoms with Gasteiger partial charge in [-0.1, -0.05) is 46.4 Å². The maximum absolute atomic E-state index is 12.5. The predicted octanol–water partition coefficient (Wildman–Crippen LogP) is 3.79. The van der Waals surface area contributed by atoms with Crippen LogP contribution in [0.15, 0.2) is 23.1 Å². The first-order valence-electron chi connectivity index (χ1n) is 4.54. The van der Waals surface area contributed by atoms with Crippen molar-refractivity contribution in [1.82, 2.24) is 0 Å². The van der Waals surface area contributed by atoms with E-state index in [1.807, 2.05) is 0 Å². The second-order valence-electron chi connectivity index (χ2n) is 3.49. The van der Waals surface area contributed by atoms with Gasteiger partial charge in [0.25, 0.3) is 9.84 Å². The summed E-state index contributed by atoms with van der Waals surface area (Å²) in [4.78, 5) is -0.935. The van der Waals surface area contributed by atoms with Gasteiger partial charge >= 0.3 is 8.51 Å². The molecule has 0 saturated carbocycles. The molecule has 1 rings (SSSR count). The fourth-order valence-corrected chi connectivity index (χ4v) is 5.27. The zero-order valence-electron chi connectivity index (χ0n) is 9.33. The van der Waals surface area contributed by atoms with Crippen LogP contribution in [-0.2, 0) is 19.7 Å². The van der Waals surface area contributed by atoms with Crippen LogP contribution in [-0.4, -0.2) is 25.3 Å². The fraction of sp³-hybridized carbons (Fsp3) is 0.250. The van der Waals surface area contributed by atoms with Crippen LogP contribution in [0.1, 0.15) is 0 Å². The minimum absolute atomic E-state index is 0.107. The van der Waals surface area contributed by atoms with Crippen molar-refractivity contribution in [1.29, 1.82) is 0 Å². The average molecular weight is 426 g/mol. The SMILES string of the molecule is O=S(=O)(c1ccc(Cl)c(Cl)c1)C(Cl)(Cl)S(=O)(=O)C(F)(F)F. The van der Waals surface area contributed by atoms with Gasteiger partial charge < -0.3 is 0 Å². The average Bonchev–Trinajstić information content (AvgIpc) is 2.30. The molecule has 0 N–H and O–H groups in total. The van der Waals surface area contributed by atoms with E-state index in [2.05, 4.69) is 0 Å². The lowest BCUT2D eigenvalue weighted by Gasteiger charge is -2.21. The Bertz CT molecular complexity index is 771. The molecule has 0 unspecified atom stereocenters. The van der Waals surface area contributed by atoms with Crippen LogP contribution in [0.25, 0.3) is 0 Å². The molecule has 1 aromatic carbocycles. The van der Waals surface area contributed by atoms with Gasteiger partial charge in [-0.3, -0.25) is 0 Å². The summed E-state index contributed by atoms with van der Waals surface area (Å²) in [6.07, 6.45) is 0. The molecule has 0 saturated heterocycles. The van der Waals surface area contributed by atoms with Crippen LogP contribution >= 0.6 is 46.4 Å². The maximum atomic E-state index is 12.5. The number of rotatable bonds is 3. The third-order valence-corrected chi connectivity index (χ3v) is 9.36. The highest BCUT2D eigenvalue weighted by Gasteiger charge is 2.65. The number of hydrogen-bond acceptors (Lipinski definition) is 4. The molecule has 0 aromatic heterocycles. The molecule has 13 heteroatoms. The van der Waals surface area contributed by atoms with Crippen molar-refractivity contribution in [3.63, 3.8) is 0 Å². The van der Waals surface area contributed by atoms with Crippen LogP contribution in [0.2, 0.25) is 10.0 Å². The van der Waals surface area contributed by atoms with Crippen molar-refractivity contribution in [3.05, 3.63) is 28.2 Å². The summed E-state index contributed by atoms with van der Waals surface area (Å²) in [5, 5.41) is -0.449. The van der Waals surface area contributed by atoms with Gasteiger partial charge in [0.15, 0.2) is 0 Å². The van der Waals surface area contributed by atoms with E-state index < -0.39 is 33.1 Å². The lowest BCUT2D eigenvalue weighted by Crippen LogP contribution is -2.43. The van der Waals surface area contributed by atoms with Crippen LogP contribution < -0.4 is 0 Å². The number of hydrogen-bond donors (Lipinski definition) is 0. The third kappa shape index (κ3) is 3.09. The second kappa shape index (κ2) is 5.61. The Labute approximate surface area is 137 Å². The van der Waals surface area contributed by atoms with E-state index in [0.29, 0.717) is 6.07 Å². The summed E-state index contributed by atoms with van der Waals surface area (Å²) in [5.74, 6) is 0. The molecule has 0 amide bonds. The van der Waals surface area contributed by atoms with Gasteiger partial charge in [0, 0.05) is 0 Å². The van der Waals surface area contributed by atoms with E-state index in [9.17, 15) is 30.0 Å². The molecule has 21 heavy (non-hydrogen) atoms. The largest absolute Gasteiger partial charge is 0.501 e. The Balaban J connectivity index is 3.59. The highest BCUT2D eigenvalue weighted by molar-refractivity contribution is 8.14. The number of sulfone groups is 2. The van der Waals surface area contributed by atoms with Crippen molar-refractivity contribution >= 4 is 66.1 Å². The maximum Gasteiger partial charge on any atom is 0.501 e. The zero-order valence-corrected chi connectivity index (χ0v) is 14.0. The molecule has 0 radical (unpaired) electrons. The van der Waals surface area contributed by atoms with Gasteiger partial charge in [0.05, 0.1) is 14.9 Å². The third-order valence-electron chi connectivity index (χ3n) is 2.13. The summed E-state index contributed by atoms with van der Waals surface area (Å²) < 4.78 is 79.5. The second-order valence-corrected chi connectivity index (χ2v) is 11.0. The van der Waals surface area contributed by atoms with Crippen LogP contribution in [0.4, 0.5) is 13.2 Å². The van der Waals surface area contributed by atoms with Gasteiger partial charge in [0.2, 0.25) is 9.84 Å². The molecule has 4 nitrogen and oxygen atoms in total. The van der Waals surface area contributed by atoms with Crippen LogP contribution in [0.3, 0.4) is 0 Å². The van der Waals surface area contributed by atoms with Gasteiger partial charge in [-0.15, -0.1) is 0 Å². The van der Waals surface area contributed by atoms with E-state index in [0.717, 1.165) is 12.1 Å². The Kier molecular flexibility index (Phi) is 5.11. The minimum Gasteiger partial charge on any atom is -0.219 e. The normalized spacial score (nSPS) is 14.2. The fourth-order valence-electron chi connectivity index (χ4n) is 1.06. The molecule has 1 aromatic rings. The highest BCUT2D eigenvalue weighted by Crippen LogP contribution is 2.46.